The van der Waals surface area contributed by atoms with E-state index in [-0.39, 0.29) is 0 Å². The van der Waals surface area contributed by atoms with Crippen molar-refractivity contribution in [3.05, 3.63) is 125 Å². The second-order valence-electron chi connectivity index (χ2n) is 12.2. The maximum absolute atomic E-state index is 12.6. The number of hydrogen-bond donors (Lipinski definition) is 1. The van der Waals surface area contributed by atoms with Crippen molar-refractivity contribution in [1.29, 1.82) is 0 Å². The Hall–Kier alpha value is -4.78. The first-order valence-electron chi connectivity index (χ1n) is 16.0. The summed E-state index contributed by atoms with van der Waals surface area (Å²) in [5.41, 5.74) is 5.71. The van der Waals surface area contributed by atoms with Crippen LogP contribution in [0, 0.1) is 0 Å². The monoisotopic (exact) mass is 611 g/mol. The summed E-state index contributed by atoms with van der Waals surface area (Å²) >= 11 is 0. The molecule has 2 unspecified atom stereocenters. The van der Waals surface area contributed by atoms with Gasteiger partial charge in [-0.25, -0.2) is 0 Å². The molecule has 3 aliphatic rings. The lowest BCUT2D eigenvalue weighted by molar-refractivity contribution is 0.0799. The molecule has 1 aliphatic carbocycles. The highest BCUT2D eigenvalue weighted by Crippen LogP contribution is 2.59. The lowest BCUT2D eigenvalue weighted by atomic mass is 9.79. The van der Waals surface area contributed by atoms with Crippen LogP contribution in [0.2, 0.25) is 0 Å². The van der Waals surface area contributed by atoms with Crippen molar-refractivity contribution in [3.63, 3.8) is 0 Å². The highest BCUT2D eigenvalue weighted by atomic mass is 16.5. The molecule has 8 rings (SSSR count). The van der Waals surface area contributed by atoms with E-state index in [1.807, 2.05) is 31.2 Å². The third-order valence-corrected chi connectivity index (χ3v) is 9.99. The van der Waals surface area contributed by atoms with Gasteiger partial charge in [-0.15, -0.1) is 0 Å². The van der Waals surface area contributed by atoms with Gasteiger partial charge in [-0.3, -0.25) is 0 Å². The lowest BCUT2D eigenvalue weighted by Gasteiger charge is -2.39. The number of aliphatic hydroxyl groups is 1. The van der Waals surface area contributed by atoms with Crippen LogP contribution in [0.15, 0.2) is 97.1 Å². The smallest absolute Gasteiger partial charge is 0.178 e. The van der Waals surface area contributed by atoms with Crippen molar-refractivity contribution >= 4 is 22.5 Å². The minimum atomic E-state index is -1.22. The number of hydrogen-bond acceptors (Lipinski definition) is 6. The van der Waals surface area contributed by atoms with Crippen LogP contribution in [0.1, 0.15) is 41.2 Å². The third kappa shape index (κ3) is 4.17. The number of nitrogens with zero attached hydrogens (tertiary/aromatic N) is 1. The quantitative estimate of drug-likeness (QED) is 0.213. The van der Waals surface area contributed by atoms with E-state index in [0.29, 0.717) is 12.2 Å². The van der Waals surface area contributed by atoms with Gasteiger partial charge in [-0.1, -0.05) is 61.5 Å². The molecule has 1 N–H and O–H groups in total. The maximum atomic E-state index is 12.6. The largest absolute Gasteiger partial charge is 0.497 e. The van der Waals surface area contributed by atoms with Gasteiger partial charge < -0.3 is 29.0 Å². The van der Waals surface area contributed by atoms with Crippen molar-refractivity contribution in [2.45, 2.75) is 24.5 Å². The second kappa shape index (κ2) is 10.9. The zero-order valence-electron chi connectivity index (χ0n) is 26.4. The van der Waals surface area contributed by atoms with Crippen molar-refractivity contribution in [1.82, 2.24) is 0 Å². The summed E-state index contributed by atoms with van der Waals surface area (Å²) in [6.07, 6.45) is 4.80. The van der Waals surface area contributed by atoms with E-state index in [1.54, 1.807) is 14.2 Å². The molecule has 232 valence electrons. The average Bonchev–Trinajstić information content (AvgIpc) is 3.40. The van der Waals surface area contributed by atoms with Crippen LogP contribution in [0.3, 0.4) is 0 Å². The Bertz CT molecular complexity index is 1980. The van der Waals surface area contributed by atoms with Crippen molar-refractivity contribution < 1.29 is 24.1 Å². The molecule has 6 nitrogen and oxygen atoms in total. The fourth-order valence-corrected chi connectivity index (χ4v) is 7.57. The molecular formula is C40H37NO5. The molecule has 2 aliphatic heterocycles. The number of benzene rings is 5. The van der Waals surface area contributed by atoms with E-state index in [4.69, 9.17) is 18.9 Å². The molecule has 5 aromatic carbocycles. The molecule has 1 fully saturated rings. The summed E-state index contributed by atoms with van der Waals surface area (Å²) in [5.74, 6) is 2.18. The Kier molecular flexibility index (Phi) is 6.82. The fraction of sp³-hybridized carbons (Fsp3) is 0.250. The van der Waals surface area contributed by atoms with E-state index < -0.39 is 11.2 Å². The summed E-state index contributed by atoms with van der Waals surface area (Å²) < 4.78 is 24.3. The molecule has 0 spiro atoms. The van der Waals surface area contributed by atoms with Gasteiger partial charge >= 0.3 is 0 Å². The first kappa shape index (κ1) is 28.7. The lowest BCUT2D eigenvalue weighted by Crippen LogP contribution is -2.37. The highest BCUT2D eigenvalue weighted by Gasteiger charge is 2.47. The first-order valence-corrected chi connectivity index (χ1v) is 16.0. The number of ether oxygens (including phenoxy) is 4. The van der Waals surface area contributed by atoms with Crippen LogP contribution in [-0.2, 0) is 15.9 Å². The molecule has 0 amide bonds. The SMILES string of the molecule is CCC1(O)c2cc(OC)ccc2-c2c1c1c(c3cc(OC)ccc23)OC(c2ccccc2)(c2ccc(N3CCOCC3)cc2)C=C1. The molecule has 5 aromatic rings. The van der Waals surface area contributed by atoms with Crippen LogP contribution in [0.25, 0.3) is 28.0 Å². The van der Waals surface area contributed by atoms with E-state index in [2.05, 4.69) is 83.8 Å². The zero-order chi connectivity index (χ0) is 31.5. The minimum Gasteiger partial charge on any atom is -0.497 e. The fourth-order valence-electron chi connectivity index (χ4n) is 7.57. The summed E-state index contributed by atoms with van der Waals surface area (Å²) in [4.78, 5) is 2.36. The number of anilines is 1. The molecule has 0 saturated carbocycles. The van der Waals surface area contributed by atoms with Crippen LogP contribution in [0.5, 0.6) is 17.2 Å². The molecule has 0 radical (unpaired) electrons. The van der Waals surface area contributed by atoms with E-state index in [0.717, 1.165) is 87.5 Å². The summed E-state index contributed by atoms with van der Waals surface area (Å²) in [5, 5.41) is 14.5. The Morgan fingerprint density at radius 3 is 2.22 bits per heavy atom. The molecule has 2 heterocycles. The van der Waals surface area contributed by atoms with Gasteiger partial charge in [0.1, 0.15) is 22.8 Å². The van der Waals surface area contributed by atoms with E-state index in [9.17, 15) is 5.11 Å². The Morgan fingerprint density at radius 2 is 1.50 bits per heavy atom. The maximum Gasteiger partial charge on any atom is 0.178 e. The molecule has 2 atom stereocenters. The highest BCUT2D eigenvalue weighted by molar-refractivity contribution is 6.08. The number of methoxy groups -OCH3 is 2. The van der Waals surface area contributed by atoms with Gasteiger partial charge in [-0.2, -0.15) is 0 Å². The molecule has 0 aromatic heterocycles. The van der Waals surface area contributed by atoms with E-state index >= 15 is 0 Å². The topological polar surface area (TPSA) is 60.4 Å². The van der Waals surface area contributed by atoms with Gasteiger partial charge in [-0.05, 0) is 77.0 Å². The van der Waals surface area contributed by atoms with Gasteiger partial charge in [0, 0.05) is 46.4 Å². The van der Waals surface area contributed by atoms with Crippen molar-refractivity contribution in [3.8, 4) is 28.4 Å². The molecule has 6 heteroatoms. The van der Waals surface area contributed by atoms with Crippen LogP contribution in [-0.4, -0.2) is 45.6 Å². The van der Waals surface area contributed by atoms with Gasteiger partial charge in [0.15, 0.2) is 5.60 Å². The molecular weight excluding hydrogens is 574 g/mol. The van der Waals surface area contributed by atoms with Crippen LogP contribution >= 0.6 is 0 Å². The molecule has 0 bridgehead atoms. The Balaban J connectivity index is 1.37. The molecule has 46 heavy (non-hydrogen) atoms. The van der Waals surface area contributed by atoms with Crippen molar-refractivity contribution in [2.24, 2.45) is 0 Å². The van der Waals surface area contributed by atoms with Gasteiger partial charge in [0.05, 0.1) is 27.4 Å². The average molecular weight is 612 g/mol. The third-order valence-electron chi connectivity index (χ3n) is 9.99. The zero-order valence-corrected chi connectivity index (χ0v) is 26.4. The first-order chi connectivity index (χ1) is 22.5. The van der Waals surface area contributed by atoms with Crippen molar-refractivity contribution in [2.75, 3.05) is 45.4 Å². The number of fused-ring (bicyclic) bond motifs is 8. The van der Waals surface area contributed by atoms with Crippen LogP contribution < -0.4 is 19.1 Å². The van der Waals surface area contributed by atoms with Gasteiger partial charge in [0.2, 0.25) is 0 Å². The Labute approximate surface area is 269 Å². The predicted molar refractivity (Wildman–Crippen MR) is 182 cm³/mol. The Morgan fingerprint density at radius 1 is 0.804 bits per heavy atom. The predicted octanol–water partition coefficient (Wildman–Crippen LogP) is 7.67. The summed E-state index contributed by atoms with van der Waals surface area (Å²) in [7, 11) is 3.34. The summed E-state index contributed by atoms with van der Waals surface area (Å²) in [6.45, 7) is 5.25. The van der Waals surface area contributed by atoms with Crippen LogP contribution in [0.4, 0.5) is 5.69 Å². The summed E-state index contributed by atoms with van der Waals surface area (Å²) in [6, 6.07) is 31.2. The standard InChI is InChI=1S/C40H37NO5/c1-4-39(42)35-25-30(44-3)15-17-32(35)36-31-16-14-29(43-2)24-34(31)38-33(37(36)39)18-19-40(46-38,26-8-6-5-7-9-26)27-10-12-28(13-11-27)41-20-22-45-23-21-41/h5-19,24-25,42H,4,20-23H2,1-3H3. The normalized spacial score (nSPS) is 21.3. The minimum absolute atomic E-state index is 0.495. The van der Waals surface area contributed by atoms with E-state index in [1.165, 1.54) is 5.69 Å². The number of morpholine rings is 1. The molecule has 1 saturated heterocycles. The van der Waals surface area contributed by atoms with Gasteiger partial charge in [0.25, 0.3) is 0 Å². The number of rotatable bonds is 6. The second-order valence-corrected chi connectivity index (χ2v) is 12.2.